The number of nitrogens with two attached hydrogens (primary N) is 1. The summed E-state index contributed by atoms with van der Waals surface area (Å²) >= 11 is 0. The van der Waals surface area contributed by atoms with Crippen LogP contribution in [0.25, 0.3) is 0 Å². The number of rotatable bonds is 3. The SMILES string of the molecule is COC(=O)c1ncn(C2CC2c2ccccc2)c1N. The predicted molar refractivity (Wildman–Crippen MR) is 70.8 cm³/mol. The Labute approximate surface area is 111 Å². The number of nitrogen functional groups attached to an aromatic ring is 1. The number of hydrogen-bond donors (Lipinski definition) is 1. The molecule has 1 saturated carbocycles. The number of aromatic nitrogens is 2. The molecule has 2 unspecified atom stereocenters. The van der Waals surface area contributed by atoms with Crippen LogP contribution in [0.2, 0.25) is 0 Å². The molecule has 19 heavy (non-hydrogen) atoms. The van der Waals surface area contributed by atoms with Crippen molar-refractivity contribution < 1.29 is 9.53 Å². The summed E-state index contributed by atoms with van der Waals surface area (Å²) in [5.74, 6) is 0.339. The normalized spacial score (nSPS) is 21.1. The fraction of sp³-hybridized carbons (Fsp3) is 0.286. The van der Waals surface area contributed by atoms with Crippen LogP contribution in [-0.4, -0.2) is 22.6 Å². The zero-order valence-corrected chi connectivity index (χ0v) is 10.6. The molecule has 2 N–H and O–H groups in total. The maximum atomic E-state index is 11.5. The van der Waals surface area contributed by atoms with Gasteiger partial charge in [-0.25, -0.2) is 9.78 Å². The van der Waals surface area contributed by atoms with Gasteiger partial charge in [0.05, 0.1) is 13.4 Å². The molecule has 0 aliphatic heterocycles. The summed E-state index contributed by atoms with van der Waals surface area (Å²) in [4.78, 5) is 15.5. The number of esters is 1. The average Bonchev–Trinajstić information content (AvgIpc) is 3.15. The molecule has 5 heteroatoms. The Morgan fingerprint density at radius 1 is 1.42 bits per heavy atom. The molecule has 0 spiro atoms. The average molecular weight is 257 g/mol. The second-order valence-electron chi connectivity index (χ2n) is 4.70. The smallest absolute Gasteiger partial charge is 0.360 e. The van der Waals surface area contributed by atoms with Crippen LogP contribution in [0.15, 0.2) is 36.7 Å². The molecule has 1 aromatic heterocycles. The highest BCUT2D eigenvalue weighted by atomic mass is 16.5. The Hall–Kier alpha value is -2.30. The summed E-state index contributed by atoms with van der Waals surface area (Å²) < 4.78 is 6.51. The summed E-state index contributed by atoms with van der Waals surface area (Å²) in [6, 6.07) is 10.6. The number of imidazole rings is 1. The van der Waals surface area contributed by atoms with Gasteiger partial charge in [0, 0.05) is 12.0 Å². The van der Waals surface area contributed by atoms with Crippen molar-refractivity contribution in [3.8, 4) is 0 Å². The first-order chi connectivity index (χ1) is 9.22. The van der Waals surface area contributed by atoms with E-state index in [1.807, 2.05) is 22.8 Å². The van der Waals surface area contributed by atoms with Crippen LogP contribution in [0.1, 0.15) is 34.4 Å². The minimum absolute atomic E-state index is 0.196. The van der Waals surface area contributed by atoms with Crippen molar-refractivity contribution in [1.82, 2.24) is 9.55 Å². The van der Waals surface area contributed by atoms with E-state index in [1.165, 1.54) is 12.7 Å². The molecule has 5 nitrogen and oxygen atoms in total. The number of hydrogen-bond acceptors (Lipinski definition) is 4. The Kier molecular flexibility index (Phi) is 2.74. The van der Waals surface area contributed by atoms with Crippen LogP contribution >= 0.6 is 0 Å². The van der Waals surface area contributed by atoms with Crippen molar-refractivity contribution in [3.63, 3.8) is 0 Å². The van der Waals surface area contributed by atoms with Crippen molar-refractivity contribution in [3.05, 3.63) is 47.9 Å². The lowest BCUT2D eigenvalue weighted by molar-refractivity contribution is 0.0596. The van der Waals surface area contributed by atoms with Crippen LogP contribution in [0.5, 0.6) is 0 Å². The number of anilines is 1. The van der Waals surface area contributed by atoms with Gasteiger partial charge in [-0.05, 0) is 12.0 Å². The minimum atomic E-state index is -0.492. The molecular formula is C14H15N3O2. The Morgan fingerprint density at radius 2 is 2.16 bits per heavy atom. The van der Waals surface area contributed by atoms with E-state index in [1.54, 1.807) is 6.33 Å². The Balaban J connectivity index is 1.83. The standard InChI is InChI=1S/C14H15N3O2/c1-19-14(18)12-13(15)17(8-16-12)11-7-10(11)9-5-3-2-4-6-9/h2-6,8,10-11H,7,15H2,1H3. The fourth-order valence-corrected chi connectivity index (χ4v) is 2.44. The zero-order valence-electron chi connectivity index (χ0n) is 10.6. The van der Waals surface area contributed by atoms with Gasteiger partial charge in [0.1, 0.15) is 5.82 Å². The van der Waals surface area contributed by atoms with Crippen molar-refractivity contribution in [2.45, 2.75) is 18.4 Å². The third-order valence-corrected chi connectivity index (χ3v) is 3.55. The van der Waals surface area contributed by atoms with Gasteiger partial charge < -0.3 is 15.0 Å². The number of benzene rings is 1. The molecule has 1 aliphatic carbocycles. The molecule has 2 aromatic rings. The van der Waals surface area contributed by atoms with E-state index < -0.39 is 5.97 Å². The van der Waals surface area contributed by atoms with Gasteiger partial charge in [0.15, 0.2) is 5.69 Å². The Morgan fingerprint density at radius 3 is 2.84 bits per heavy atom. The van der Waals surface area contributed by atoms with Crippen molar-refractivity contribution in [1.29, 1.82) is 0 Å². The van der Waals surface area contributed by atoms with Gasteiger partial charge in [0.25, 0.3) is 0 Å². The lowest BCUT2D eigenvalue weighted by Crippen LogP contribution is -2.08. The number of ether oxygens (including phenoxy) is 1. The molecule has 3 rings (SSSR count). The largest absolute Gasteiger partial charge is 0.464 e. The van der Waals surface area contributed by atoms with E-state index in [0.29, 0.717) is 11.7 Å². The van der Waals surface area contributed by atoms with Crippen LogP contribution in [-0.2, 0) is 4.74 Å². The molecule has 1 fully saturated rings. The van der Waals surface area contributed by atoms with Crippen molar-refractivity contribution >= 4 is 11.8 Å². The van der Waals surface area contributed by atoms with Gasteiger partial charge in [-0.15, -0.1) is 0 Å². The molecule has 0 saturated heterocycles. The summed E-state index contributed by atoms with van der Waals surface area (Å²) in [7, 11) is 1.32. The van der Waals surface area contributed by atoms with E-state index in [2.05, 4.69) is 21.9 Å². The van der Waals surface area contributed by atoms with E-state index in [-0.39, 0.29) is 11.7 Å². The number of carbonyl (C=O) groups excluding carboxylic acids is 1. The highest BCUT2D eigenvalue weighted by Crippen LogP contribution is 2.52. The summed E-state index contributed by atoms with van der Waals surface area (Å²) in [5, 5.41) is 0. The quantitative estimate of drug-likeness (QED) is 0.853. The van der Waals surface area contributed by atoms with Crippen LogP contribution in [0, 0.1) is 0 Å². The summed E-state index contributed by atoms with van der Waals surface area (Å²) in [6.07, 6.45) is 2.64. The van der Waals surface area contributed by atoms with E-state index in [0.717, 1.165) is 6.42 Å². The molecule has 0 bridgehead atoms. The highest BCUT2D eigenvalue weighted by molar-refractivity contribution is 5.92. The number of nitrogens with zero attached hydrogens (tertiary/aromatic N) is 2. The molecule has 2 atom stereocenters. The molecule has 0 amide bonds. The van der Waals surface area contributed by atoms with Crippen LogP contribution in [0.4, 0.5) is 5.82 Å². The van der Waals surface area contributed by atoms with Gasteiger partial charge in [-0.1, -0.05) is 30.3 Å². The lowest BCUT2D eigenvalue weighted by atomic mass is 10.1. The second kappa shape index (κ2) is 4.42. The Bertz CT molecular complexity index is 606. The monoisotopic (exact) mass is 257 g/mol. The van der Waals surface area contributed by atoms with Gasteiger partial charge in [-0.3, -0.25) is 0 Å². The topological polar surface area (TPSA) is 70.1 Å². The first-order valence-electron chi connectivity index (χ1n) is 6.18. The maximum absolute atomic E-state index is 11.5. The lowest BCUT2D eigenvalue weighted by Gasteiger charge is -2.05. The third kappa shape index (κ3) is 1.97. The highest BCUT2D eigenvalue weighted by Gasteiger charge is 2.41. The predicted octanol–water partition coefficient (Wildman–Crippen LogP) is 1.98. The fourth-order valence-electron chi connectivity index (χ4n) is 2.44. The van der Waals surface area contributed by atoms with Gasteiger partial charge >= 0.3 is 5.97 Å². The summed E-state index contributed by atoms with van der Waals surface area (Å²) in [5.41, 5.74) is 7.45. The van der Waals surface area contributed by atoms with Crippen molar-refractivity contribution in [2.75, 3.05) is 12.8 Å². The van der Waals surface area contributed by atoms with E-state index in [4.69, 9.17) is 5.73 Å². The maximum Gasteiger partial charge on any atom is 0.360 e. The van der Waals surface area contributed by atoms with Gasteiger partial charge in [-0.2, -0.15) is 0 Å². The number of carbonyl (C=O) groups is 1. The number of methoxy groups -OCH3 is 1. The van der Waals surface area contributed by atoms with E-state index in [9.17, 15) is 4.79 Å². The molecular weight excluding hydrogens is 242 g/mol. The molecule has 1 aliphatic rings. The minimum Gasteiger partial charge on any atom is -0.464 e. The summed E-state index contributed by atoms with van der Waals surface area (Å²) in [6.45, 7) is 0. The third-order valence-electron chi connectivity index (χ3n) is 3.55. The zero-order chi connectivity index (χ0) is 13.4. The van der Waals surface area contributed by atoms with E-state index >= 15 is 0 Å². The van der Waals surface area contributed by atoms with Gasteiger partial charge in [0.2, 0.25) is 0 Å². The molecule has 1 aromatic carbocycles. The van der Waals surface area contributed by atoms with Crippen LogP contribution in [0.3, 0.4) is 0 Å². The van der Waals surface area contributed by atoms with Crippen LogP contribution < -0.4 is 5.73 Å². The second-order valence-corrected chi connectivity index (χ2v) is 4.70. The first kappa shape index (κ1) is 11.8. The first-order valence-corrected chi connectivity index (χ1v) is 6.18. The van der Waals surface area contributed by atoms with Crippen molar-refractivity contribution in [2.24, 2.45) is 0 Å². The molecule has 1 heterocycles. The molecule has 98 valence electrons. The molecule has 0 radical (unpaired) electrons.